The van der Waals surface area contributed by atoms with E-state index < -0.39 is 13.5 Å². The summed E-state index contributed by atoms with van der Waals surface area (Å²) in [5.74, 6) is 0. The minimum atomic E-state index is -4.37. The van der Waals surface area contributed by atoms with Gasteiger partial charge in [-0.1, -0.05) is 6.92 Å². The van der Waals surface area contributed by atoms with Crippen LogP contribution in [0.3, 0.4) is 0 Å². The molecule has 0 aromatic carbocycles. The fourth-order valence-electron chi connectivity index (χ4n) is 0.177. The van der Waals surface area contributed by atoms with Crippen LogP contribution in [0.2, 0.25) is 0 Å². The van der Waals surface area contributed by atoms with Crippen molar-refractivity contribution >= 4 is 35.4 Å². The topological polar surface area (TPSA) is 57.2 Å². The molecule has 0 heterocycles. The third-order valence-electron chi connectivity index (χ3n) is 0.861. The van der Waals surface area contributed by atoms with E-state index in [1.807, 2.05) is 0 Å². The molecule has 3 nitrogen and oxygen atoms in total. The molecule has 0 aliphatic carbocycles. The average Bonchev–Trinajstić information content (AvgIpc) is 1.64. The quantitative estimate of drug-likeness (QED) is 0.228. The van der Waals surface area contributed by atoms with Gasteiger partial charge in [-0.25, -0.2) is 8.42 Å². The molecule has 0 unspecified atom stereocenters. The molecule has 0 N–H and O–H groups in total. The van der Waals surface area contributed by atoms with Gasteiger partial charge in [-0.05, 0) is 6.42 Å². The first kappa shape index (κ1) is 14.2. The van der Waals surface area contributed by atoms with E-state index in [-0.39, 0.29) is 36.0 Å². The molecule has 10 heavy (non-hydrogen) atoms. The Morgan fingerprint density at radius 1 is 1.50 bits per heavy atom. The van der Waals surface area contributed by atoms with Crippen LogP contribution < -0.4 is 29.6 Å². The van der Waals surface area contributed by atoms with Crippen molar-refractivity contribution in [2.45, 2.75) is 16.8 Å². The summed E-state index contributed by atoms with van der Waals surface area (Å²) in [6.45, 7) is 1.52. The Morgan fingerprint density at radius 3 is 1.80 bits per heavy atom. The van der Waals surface area contributed by atoms with Gasteiger partial charge in [0.2, 0.25) is 0 Å². The fourth-order valence-corrected chi connectivity index (χ4v) is 0.530. The van der Waals surface area contributed by atoms with Crippen molar-refractivity contribution in [3.8, 4) is 0 Å². The van der Waals surface area contributed by atoms with Crippen molar-refractivity contribution in [3.63, 3.8) is 0 Å². The molecule has 0 aliphatic heterocycles. The van der Waals surface area contributed by atoms with E-state index in [0.29, 0.717) is 0 Å². The number of rotatable bonds is 2. The molecule has 0 atom stereocenters. The molecular weight excluding hydrogens is 203 g/mol. The largest absolute Gasteiger partial charge is 1.00 e. The Hall–Kier alpha value is 1.61. The Bertz CT molecular complexity index is 185. The van der Waals surface area contributed by atoms with E-state index in [1.54, 1.807) is 0 Å². The first-order chi connectivity index (χ1) is 3.81. The van der Waals surface area contributed by atoms with Gasteiger partial charge in [-0.3, -0.25) is 0 Å². The van der Waals surface area contributed by atoms with E-state index in [2.05, 4.69) is 25.3 Å². The van der Waals surface area contributed by atoms with Crippen LogP contribution in [-0.4, -0.2) is 16.4 Å². The van der Waals surface area contributed by atoms with E-state index >= 15 is 0 Å². The molecule has 0 saturated carbocycles. The van der Waals surface area contributed by atoms with E-state index in [0.717, 1.165) is 0 Å². The summed E-state index contributed by atoms with van der Waals surface area (Å²) >= 11 is 7.06. The van der Waals surface area contributed by atoms with Crippen LogP contribution in [0.5, 0.6) is 0 Å². The third-order valence-corrected chi connectivity index (χ3v) is 3.92. The maximum Gasteiger partial charge on any atom is 1.00 e. The predicted molar refractivity (Wildman–Crippen MR) is 40.7 cm³/mol. The molecule has 0 aliphatic rings. The molecule has 0 rings (SSSR count). The molecule has 0 amide bonds. The molecule has 7 heteroatoms. The average molecular weight is 210 g/mol. The van der Waals surface area contributed by atoms with Crippen LogP contribution in [0, 0.1) is 0 Å². The van der Waals surface area contributed by atoms with Gasteiger partial charge in [0.15, 0.2) is 0 Å². The van der Waals surface area contributed by atoms with Gasteiger partial charge in [0.1, 0.15) is 13.5 Å². The molecule has 0 fully saturated rings. The van der Waals surface area contributed by atoms with Crippen LogP contribution in [0.15, 0.2) is 0 Å². The molecule has 0 spiro atoms. The van der Waals surface area contributed by atoms with Crippen LogP contribution in [-0.2, 0) is 10.1 Å². The minimum absolute atomic E-state index is 0. The molecule has 56 valence electrons. The van der Waals surface area contributed by atoms with Crippen molar-refractivity contribution in [1.29, 1.82) is 0 Å². The van der Waals surface area contributed by atoms with Gasteiger partial charge in [0.25, 0.3) is 0 Å². The zero-order valence-corrected chi connectivity index (χ0v) is 10.3. The molecule has 0 saturated heterocycles. The summed E-state index contributed by atoms with van der Waals surface area (Å²) in [4.78, 5) is 0. The SMILES string of the molecule is CCC(S)(S)S(=O)(=O)[O-].[Na+]. The van der Waals surface area contributed by atoms with Crippen molar-refractivity contribution in [1.82, 2.24) is 0 Å². The molecule has 0 radical (unpaired) electrons. The Morgan fingerprint density at radius 2 is 1.80 bits per heavy atom. The summed E-state index contributed by atoms with van der Waals surface area (Å²) in [5, 5.41) is 0. The van der Waals surface area contributed by atoms with Crippen molar-refractivity contribution < 1.29 is 42.5 Å². The zero-order chi connectivity index (χ0) is 7.71. The smallest absolute Gasteiger partial charge is 0.746 e. The number of hydrogen-bond donors (Lipinski definition) is 2. The summed E-state index contributed by atoms with van der Waals surface area (Å²) in [5.41, 5.74) is 0. The fraction of sp³-hybridized carbons (Fsp3) is 1.00. The molecule has 0 bridgehead atoms. The Labute approximate surface area is 93.8 Å². The molecule has 0 aromatic rings. The van der Waals surface area contributed by atoms with Gasteiger partial charge < -0.3 is 4.55 Å². The van der Waals surface area contributed by atoms with Gasteiger partial charge in [0, 0.05) is 0 Å². The van der Waals surface area contributed by atoms with Crippen molar-refractivity contribution in [2.75, 3.05) is 0 Å². The van der Waals surface area contributed by atoms with E-state index in [4.69, 9.17) is 0 Å². The number of hydrogen-bond acceptors (Lipinski definition) is 5. The zero-order valence-electron chi connectivity index (χ0n) is 5.73. The predicted octanol–water partition coefficient (Wildman–Crippen LogP) is -2.54. The van der Waals surface area contributed by atoms with Crippen LogP contribution in [0.25, 0.3) is 0 Å². The second-order valence-electron chi connectivity index (χ2n) is 1.55. The van der Waals surface area contributed by atoms with E-state index in [1.165, 1.54) is 6.92 Å². The monoisotopic (exact) mass is 210 g/mol. The van der Waals surface area contributed by atoms with Crippen LogP contribution in [0.1, 0.15) is 13.3 Å². The van der Waals surface area contributed by atoms with Crippen molar-refractivity contribution in [3.05, 3.63) is 0 Å². The maximum absolute atomic E-state index is 10.2. The first-order valence-electron chi connectivity index (χ1n) is 2.21. The second-order valence-corrected chi connectivity index (χ2v) is 5.64. The molecular formula is C3H7NaO3S3. The van der Waals surface area contributed by atoms with Gasteiger partial charge in [-0.2, -0.15) is 0 Å². The Balaban J connectivity index is 0. The molecule has 0 aromatic heterocycles. The summed E-state index contributed by atoms with van der Waals surface area (Å²) in [6, 6.07) is 0. The van der Waals surface area contributed by atoms with Gasteiger partial charge >= 0.3 is 29.6 Å². The third kappa shape index (κ3) is 3.85. The summed E-state index contributed by atoms with van der Waals surface area (Å²) in [7, 11) is -4.37. The van der Waals surface area contributed by atoms with Crippen LogP contribution >= 0.6 is 25.3 Å². The second kappa shape index (κ2) is 4.59. The normalized spacial score (nSPS) is 12.4. The van der Waals surface area contributed by atoms with Gasteiger partial charge in [0.05, 0.1) is 0 Å². The summed E-state index contributed by atoms with van der Waals surface area (Å²) < 4.78 is 28.8. The van der Waals surface area contributed by atoms with Crippen molar-refractivity contribution in [2.24, 2.45) is 0 Å². The maximum atomic E-state index is 10.2. The minimum Gasteiger partial charge on any atom is -0.746 e. The first-order valence-corrected chi connectivity index (χ1v) is 4.51. The van der Waals surface area contributed by atoms with Gasteiger partial charge in [-0.15, -0.1) is 25.3 Å². The van der Waals surface area contributed by atoms with E-state index in [9.17, 15) is 13.0 Å². The Kier molecular flexibility index (Phi) is 6.50. The number of thiol groups is 2. The summed E-state index contributed by atoms with van der Waals surface area (Å²) in [6.07, 6.45) is 0.0883. The van der Waals surface area contributed by atoms with Crippen LogP contribution in [0.4, 0.5) is 0 Å². The standard InChI is InChI=1S/C3H8O3S3.Na/c1-2-3(7,8)9(4,5)6;/h7-8H,2H2,1H3,(H,4,5,6);/q;+1/p-1.